The van der Waals surface area contributed by atoms with Gasteiger partial charge >= 0.3 is 5.97 Å². The second-order valence-corrected chi connectivity index (χ2v) is 7.69. The molecular formula is C21H20FNO2. The molecule has 1 aliphatic heterocycles. The summed E-state index contributed by atoms with van der Waals surface area (Å²) in [7, 11) is 0. The lowest BCUT2D eigenvalue weighted by Crippen LogP contribution is -2.36. The summed E-state index contributed by atoms with van der Waals surface area (Å²) in [5.41, 5.74) is 3.15. The summed E-state index contributed by atoms with van der Waals surface area (Å²) < 4.78 is 14.5. The van der Waals surface area contributed by atoms with Crippen molar-refractivity contribution in [3.8, 4) is 0 Å². The van der Waals surface area contributed by atoms with Gasteiger partial charge in [0.2, 0.25) is 0 Å². The Morgan fingerprint density at radius 2 is 1.88 bits per heavy atom. The molecule has 4 heteroatoms. The van der Waals surface area contributed by atoms with E-state index in [1.54, 1.807) is 12.1 Å². The standard InChI is InChI=1S/C21H20FNO2/c22-16-4-2-1-3-14(16)20-19-12-6-5-11(9-12)18(19)15-10-13(21(24)25)7-8-17(15)23-20/h1-4,7-8,10-12,18-20,23H,5-6,9H2,(H,24,25)/t11-,12+,18-,19+,20-/m1/s1. The zero-order valence-corrected chi connectivity index (χ0v) is 13.8. The molecule has 0 spiro atoms. The van der Waals surface area contributed by atoms with Crippen LogP contribution in [0.5, 0.6) is 0 Å². The van der Waals surface area contributed by atoms with Gasteiger partial charge in [0.15, 0.2) is 0 Å². The SMILES string of the molecule is O=C(O)c1ccc2c(c1)[C@H]1[C@@H]3CC[C@@H](C3)[C@@H]1[C@@H](c1ccccc1F)N2. The summed E-state index contributed by atoms with van der Waals surface area (Å²) in [6, 6.07) is 12.3. The smallest absolute Gasteiger partial charge is 0.335 e. The van der Waals surface area contributed by atoms with E-state index in [4.69, 9.17) is 0 Å². The fourth-order valence-corrected chi connectivity index (χ4v) is 5.66. The van der Waals surface area contributed by atoms with Crippen molar-refractivity contribution in [1.29, 1.82) is 0 Å². The fraction of sp³-hybridized carbons (Fsp3) is 0.381. The molecule has 25 heavy (non-hydrogen) atoms. The van der Waals surface area contributed by atoms with Crippen molar-refractivity contribution < 1.29 is 14.3 Å². The number of nitrogens with one attached hydrogen (secondary N) is 1. The number of aromatic carboxylic acids is 1. The zero-order chi connectivity index (χ0) is 17.1. The minimum atomic E-state index is -0.890. The Morgan fingerprint density at radius 1 is 1.08 bits per heavy atom. The molecule has 3 aliphatic rings. The number of anilines is 1. The molecule has 2 bridgehead atoms. The van der Waals surface area contributed by atoms with Crippen LogP contribution in [0.3, 0.4) is 0 Å². The maximum Gasteiger partial charge on any atom is 0.335 e. The van der Waals surface area contributed by atoms with Gasteiger partial charge in [-0.1, -0.05) is 18.2 Å². The topological polar surface area (TPSA) is 49.3 Å². The molecule has 2 N–H and O–H groups in total. The number of benzene rings is 2. The molecule has 0 amide bonds. The second kappa shape index (κ2) is 5.32. The van der Waals surface area contributed by atoms with Gasteiger partial charge in [-0.15, -0.1) is 0 Å². The quantitative estimate of drug-likeness (QED) is 0.826. The van der Waals surface area contributed by atoms with Crippen molar-refractivity contribution in [2.75, 3.05) is 5.32 Å². The fourth-order valence-electron chi connectivity index (χ4n) is 5.66. The van der Waals surface area contributed by atoms with E-state index in [2.05, 4.69) is 5.32 Å². The van der Waals surface area contributed by atoms with E-state index in [-0.39, 0.29) is 11.9 Å². The Morgan fingerprint density at radius 3 is 2.68 bits per heavy atom. The maximum absolute atomic E-state index is 14.5. The van der Waals surface area contributed by atoms with E-state index in [1.165, 1.54) is 25.3 Å². The summed E-state index contributed by atoms with van der Waals surface area (Å²) in [5, 5.41) is 12.9. The minimum absolute atomic E-state index is 0.0373. The molecule has 5 rings (SSSR count). The lowest BCUT2D eigenvalue weighted by molar-refractivity contribution is 0.0696. The molecular weight excluding hydrogens is 317 g/mol. The molecule has 2 fully saturated rings. The van der Waals surface area contributed by atoms with Gasteiger partial charge < -0.3 is 10.4 Å². The molecule has 2 aromatic rings. The summed E-state index contributed by atoms with van der Waals surface area (Å²) in [6.45, 7) is 0. The summed E-state index contributed by atoms with van der Waals surface area (Å²) in [4.78, 5) is 11.4. The van der Waals surface area contributed by atoms with Crippen molar-refractivity contribution in [2.45, 2.75) is 31.2 Å². The Balaban J connectivity index is 1.65. The number of carboxylic acid groups (broad SMARTS) is 1. The average molecular weight is 337 g/mol. The van der Waals surface area contributed by atoms with Crippen molar-refractivity contribution >= 4 is 11.7 Å². The lowest BCUT2D eigenvalue weighted by atomic mass is 9.68. The Kier molecular flexibility index (Phi) is 3.18. The van der Waals surface area contributed by atoms with E-state index < -0.39 is 5.97 Å². The van der Waals surface area contributed by atoms with Crippen LogP contribution in [0.25, 0.3) is 0 Å². The van der Waals surface area contributed by atoms with Crippen LogP contribution in [0, 0.1) is 23.6 Å². The van der Waals surface area contributed by atoms with Gasteiger partial charge in [-0.3, -0.25) is 0 Å². The number of carboxylic acids is 1. The highest BCUT2D eigenvalue weighted by Gasteiger charge is 2.54. The van der Waals surface area contributed by atoms with Gasteiger partial charge in [0.25, 0.3) is 0 Å². The zero-order valence-electron chi connectivity index (χ0n) is 13.8. The first kappa shape index (κ1) is 14.9. The first-order valence-corrected chi connectivity index (χ1v) is 9.01. The first-order valence-electron chi connectivity index (χ1n) is 9.01. The Bertz CT molecular complexity index is 865. The van der Waals surface area contributed by atoms with Crippen molar-refractivity contribution in [1.82, 2.24) is 0 Å². The predicted molar refractivity (Wildman–Crippen MR) is 93.2 cm³/mol. The van der Waals surface area contributed by atoms with E-state index in [1.807, 2.05) is 24.3 Å². The molecule has 128 valence electrons. The largest absolute Gasteiger partial charge is 0.478 e. The molecule has 3 nitrogen and oxygen atoms in total. The number of halogens is 1. The molecule has 5 atom stereocenters. The third-order valence-corrected chi connectivity index (χ3v) is 6.57. The highest BCUT2D eigenvalue weighted by molar-refractivity contribution is 5.88. The van der Waals surface area contributed by atoms with Gasteiger partial charge in [-0.2, -0.15) is 0 Å². The molecule has 0 saturated heterocycles. The molecule has 2 saturated carbocycles. The van der Waals surface area contributed by atoms with Crippen LogP contribution in [0.2, 0.25) is 0 Å². The normalized spacial score (nSPS) is 32.0. The first-order chi connectivity index (χ1) is 12.1. The average Bonchev–Trinajstić information content (AvgIpc) is 3.23. The van der Waals surface area contributed by atoms with Crippen molar-refractivity contribution in [2.24, 2.45) is 17.8 Å². The number of carbonyl (C=O) groups is 1. The minimum Gasteiger partial charge on any atom is -0.478 e. The Labute approximate surface area is 145 Å². The van der Waals surface area contributed by atoms with Crippen LogP contribution in [-0.2, 0) is 0 Å². The summed E-state index contributed by atoms with van der Waals surface area (Å²) in [6.07, 6.45) is 3.58. The maximum atomic E-state index is 14.5. The predicted octanol–water partition coefficient (Wildman–Crippen LogP) is 4.82. The van der Waals surface area contributed by atoms with E-state index in [0.29, 0.717) is 29.2 Å². The van der Waals surface area contributed by atoms with Crippen LogP contribution in [0.15, 0.2) is 42.5 Å². The highest BCUT2D eigenvalue weighted by Crippen LogP contribution is 2.63. The van der Waals surface area contributed by atoms with Gasteiger partial charge in [0.05, 0.1) is 11.6 Å². The molecule has 0 unspecified atom stereocenters. The third kappa shape index (κ3) is 2.13. The van der Waals surface area contributed by atoms with Crippen LogP contribution in [-0.4, -0.2) is 11.1 Å². The number of hydrogen-bond acceptors (Lipinski definition) is 2. The van der Waals surface area contributed by atoms with Crippen LogP contribution in [0.4, 0.5) is 10.1 Å². The monoisotopic (exact) mass is 337 g/mol. The number of rotatable bonds is 2. The molecule has 2 aromatic carbocycles. The van der Waals surface area contributed by atoms with Crippen LogP contribution < -0.4 is 5.32 Å². The molecule has 0 radical (unpaired) electrons. The van der Waals surface area contributed by atoms with Gasteiger partial charge in [-0.25, -0.2) is 9.18 Å². The Hall–Kier alpha value is -2.36. The van der Waals surface area contributed by atoms with Crippen LogP contribution >= 0.6 is 0 Å². The molecule has 2 aliphatic carbocycles. The molecule has 1 heterocycles. The van der Waals surface area contributed by atoms with Gasteiger partial charge in [0.1, 0.15) is 5.82 Å². The third-order valence-electron chi connectivity index (χ3n) is 6.57. The van der Waals surface area contributed by atoms with E-state index >= 15 is 0 Å². The lowest BCUT2D eigenvalue weighted by Gasteiger charge is -2.43. The van der Waals surface area contributed by atoms with E-state index in [0.717, 1.165) is 16.8 Å². The molecule has 0 aromatic heterocycles. The second-order valence-electron chi connectivity index (χ2n) is 7.69. The van der Waals surface area contributed by atoms with Crippen molar-refractivity contribution in [3.05, 3.63) is 65.0 Å². The summed E-state index contributed by atoms with van der Waals surface area (Å²) >= 11 is 0. The number of hydrogen-bond donors (Lipinski definition) is 2. The van der Waals surface area contributed by atoms with Gasteiger partial charge in [-0.05, 0) is 72.8 Å². The highest BCUT2D eigenvalue weighted by atomic mass is 19.1. The van der Waals surface area contributed by atoms with Crippen LogP contribution in [0.1, 0.15) is 52.7 Å². The van der Waals surface area contributed by atoms with Gasteiger partial charge in [0, 0.05) is 11.3 Å². The summed E-state index contributed by atoms with van der Waals surface area (Å²) in [5.74, 6) is 0.805. The van der Waals surface area contributed by atoms with Crippen molar-refractivity contribution in [3.63, 3.8) is 0 Å². The van der Waals surface area contributed by atoms with E-state index in [9.17, 15) is 14.3 Å². The number of fused-ring (bicyclic) bond motifs is 7.